The van der Waals surface area contributed by atoms with Crippen LogP contribution in [-0.2, 0) is 14.4 Å². The van der Waals surface area contributed by atoms with E-state index in [0.717, 1.165) is 0 Å². The van der Waals surface area contributed by atoms with E-state index >= 15 is 0 Å². The zero-order valence-electron chi connectivity index (χ0n) is 14.8. The molecule has 0 aromatic heterocycles. The number of aliphatic hydroxyl groups is 1. The molecule has 0 aromatic rings. The summed E-state index contributed by atoms with van der Waals surface area (Å²) in [7, 11) is 0. The average Bonchev–Trinajstić information content (AvgIpc) is 2.53. The second-order valence-corrected chi connectivity index (χ2v) is 6.18. The summed E-state index contributed by atoms with van der Waals surface area (Å²) in [6.45, 7) is 3.55. The van der Waals surface area contributed by atoms with Gasteiger partial charge >= 0.3 is 0 Å². The quantitative estimate of drug-likeness (QED) is 0.0968. The number of aliphatic hydroxyl groups excluding tert-OH is 1. The van der Waals surface area contributed by atoms with Crippen molar-refractivity contribution in [2.24, 2.45) is 28.1 Å². The van der Waals surface area contributed by atoms with Crippen LogP contribution in [-0.4, -0.2) is 60.4 Å². The molecule has 0 bridgehead atoms. The van der Waals surface area contributed by atoms with E-state index in [-0.39, 0.29) is 11.9 Å². The summed E-state index contributed by atoms with van der Waals surface area (Å²) in [6, 6.07) is -2.72. The maximum atomic E-state index is 12.1. The van der Waals surface area contributed by atoms with Crippen LogP contribution < -0.4 is 27.8 Å². The third kappa shape index (κ3) is 10.3. The molecule has 10 heteroatoms. The van der Waals surface area contributed by atoms with Crippen LogP contribution >= 0.6 is 0 Å². The monoisotopic (exact) mass is 358 g/mol. The molecule has 0 saturated carbocycles. The van der Waals surface area contributed by atoms with Crippen molar-refractivity contribution in [2.75, 3.05) is 13.2 Å². The number of hydrogen-bond donors (Lipinski definition) is 6. The smallest absolute Gasteiger partial charge is 0.245 e. The van der Waals surface area contributed by atoms with Crippen LogP contribution in [0.2, 0.25) is 0 Å². The van der Waals surface area contributed by atoms with E-state index in [2.05, 4.69) is 15.6 Å². The molecular formula is C15H30N6O4. The predicted molar refractivity (Wildman–Crippen MR) is 94.4 cm³/mol. The van der Waals surface area contributed by atoms with E-state index < -0.39 is 36.5 Å². The molecule has 3 atom stereocenters. The molecule has 0 aliphatic rings. The molecule has 0 radical (unpaired) electrons. The number of hydrogen-bond acceptors (Lipinski definition) is 6. The lowest BCUT2D eigenvalue weighted by atomic mass is 10.0. The Morgan fingerprint density at radius 3 is 2.32 bits per heavy atom. The SMILES string of the molecule is CC(C)C[C@H](N)C(=O)N[C@@H](CO)C(=O)N[C@H](C=O)CCCN=C(N)N. The van der Waals surface area contributed by atoms with E-state index in [0.29, 0.717) is 32.1 Å². The van der Waals surface area contributed by atoms with Crippen molar-refractivity contribution >= 4 is 24.1 Å². The van der Waals surface area contributed by atoms with Crippen molar-refractivity contribution in [2.45, 2.75) is 51.2 Å². The zero-order valence-corrected chi connectivity index (χ0v) is 14.8. The summed E-state index contributed by atoms with van der Waals surface area (Å²) in [6.07, 6.45) is 1.84. The molecule has 9 N–H and O–H groups in total. The maximum Gasteiger partial charge on any atom is 0.245 e. The highest BCUT2D eigenvalue weighted by molar-refractivity contribution is 5.90. The highest BCUT2D eigenvalue weighted by atomic mass is 16.3. The number of rotatable bonds is 12. The van der Waals surface area contributed by atoms with Gasteiger partial charge in [0.05, 0.1) is 18.7 Å². The van der Waals surface area contributed by atoms with Gasteiger partial charge in [-0.1, -0.05) is 13.8 Å². The summed E-state index contributed by atoms with van der Waals surface area (Å²) >= 11 is 0. The summed E-state index contributed by atoms with van der Waals surface area (Å²) in [5, 5.41) is 14.2. The van der Waals surface area contributed by atoms with Crippen molar-refractivity contribution in [1.29, 1.82) is 0 Å². The van der Waals surface area contributed by atoms with Gasteiger partial charge in [-0.25, -0.2) is 0 Å². The molecule has 0 spiro atoms. The van der Waals surface area contributed by atoms with Crippen molar-refractivity contribution < 1.29 is 19.5 Å². The van der Waals surface area contributed by atoms with Gasteiger partial charge in [0, 0.05) is 6.54 Å². The number of carbonyl (C=O) groups excluding carboxylic acids is 3. The van der Waals surface area contributed by atoms with Crippen molar-refractivity contribution in [1.82, 2.24) is 10.6 Å². The first kappa shape index (κ1) is 22.8. The Balaban J connectivity index is 4.52. The highest BCUT2D eigenvalue weighted by Crippen LogP contribution is 2.03. The third-order valence-electron chi connectivity index (χ3n) is 3.34. The summed E-state index contributed by atoms with van der Waals surface area (Å²) < 4.78 is 0. The molecule has 0 aliphatic carbocycles. The van der Waals surface area contributed by atoms with Gasteiger partial charge in [-0.15, -0.1) is 0 Å². The van der Waals surface area contributed by atoms with E-state index in [1.165, 1.54) is 0 Å². The van der Waals surface area contributed by atoms with Crippen molar-refractivity contribution in [3.8, 4) is 0 Å². The largest absolute Gasteiger partial charge is 0.394 e. The van der Waals surface area contributed by atoms with Crippen LogP contribution in [0.1, 0.15) is 33.1 Å². The predicted octanol–water partition coefficient (Wildman–Crippen LogP) is -2.43. The number of aliphatic imine (C=N–C) groups is 1. The Labute approximate surface area is 147 Å². The van der Waals surface area contributed by atoms with E-state index in [1.807, 2.05) is 13.8 Å². The number of carbonyl (C=O) groups is 3. The molecule has 2 amide bonds. The van der Waals surface area contributed by atoms with Gasteiger partial charge in [0.15, 0.2) is 5.96 Å². The van der Waals surface area contributed by atoms with Gasteiger partial charge in [-0.3, -0.25) is 14.6 Å². The molecule has 0 fully saturated rings. The summed E-state index contributed by atoms with van der Waals surface area (Å²) in [5.41, 5.74) is 16.1. The first-order valence-electron chi connectivity index (χ1n) is 8.19. The Morgan fingerprint density at radius 2 is 1.84 bits per heavy atom. The zero-order chi connectivity index (χ0) is 19.4. The van der Waals surface area contributed by atoms with E-state index in [9.17, 15) is 19.5 Å². The van der Waals surface area contributed by atoms with E-state index in [4.69, 9.17) is 17.2 Å². The van der Waals surface area contributed by atoms with Crippen LogP contribution in [0, 0.1) is 5.92 Å². The van der Waals surface area contributed by atoms with Crippen LogP contribution in [0.4, 0.5) is 0 Å². The molecule has 0 aromatic carbocycles. The summed E-state index contributed by atoms with van der Waals surface area (Å²) in [5.74, 6) is -1.02. The average molecular weight is 358 g/mol. The molecule has 0 aliphatic heterocycles. The molecule has 0 saturated heterocycles. The number of aldehydes is 1. The number of guanidine groups is 1. The van der Waals surface area contributed by atoms with Crippen LogP contribution in [0.5, 0.6) is 0 Å². The number of nitrogens with two attached hydrogens (primary N) is 3. The Hall–Kier alpha value is -2.20. The second kappa shape index (κ2) is 12.2. The molecule has 0 unspecified atom stereocenters. The molecule has 0 rings (SSSR count). The Kier molecular flexibility index (Phi) is 11.1. The van der Waals surface area contributed by atoms with Gasteiger partial charge in [-0.2, -0.15) is 0 Å². The fourth-order valence-electron chi connectivity index (χ4n) is 2.06. The third-order valence-corrected chi connectivity index (χ3v) is 3.34. The molecule has 144 valence electrons. The van der Waals surface area contributed by atoms with Gasteiger partial charge in [0.1, 0.15) is 12.3 Å². The highest BCUT2D eigenvalue weighted by Gasteiger charge is 2.25. The fraction of sp³-hybridized carbons (Fsp3) is 0.733. The van der Waals surface area contributed by atoms with E-state index in [1.54, 1.807) is 0 Å². The van der Waals surface area contributed by atoms with Gasteiger partial charge in [0.2, 0.25) is 11.8 Å². The topological polar surface area (TPSA) is 186 Å². The lowest BCUT2D eigenvalue weighted by Gasteiger charge is -2.21. The summed E-state index contributed by atoms with van der Waals surface area (Å²) in [4.78, 5) is 38.9. The fourth-order valence-corrected chi connectivity index (χ4v) is 2.06. The minimum Gasteiger partial charge on any atom is -0.394 e. The molecule has 10 nitrogen and oxygen atoms in total. The van der Waals surface area contributed by atoms with Crippen LogP contribution in [0.3, 0.4) is 0 Å². The number of nitrogens with one attached hydrogen (secondary N) is 2. The first-order valence-corrected chi connectivity index (χ1v) is 8.19. The standard InChI is InChI=1S/C15H30N6O4/c1-9(2)6-11(16)13(24)21-12(8-23)14(25)20-10(7-22)4-3-5-19-15(17)18/h7,9-12,23H,3-6,8,16H2,1-2H3,(H,20,25)(H,21,24)(H4,17,18,19)/t10-,11-,12-/m0/s1. The van der Waals surface area contributed by atoms with Gasteiger partial charge in [-0.05, 0) is 25.2 Å². The normalized spacial score (nSPS) is 14.3. The minimum absolute atomic E-state index is 0.0486. The van der Waals surface area contributed by atoms with Gasteiger partial charge < -0.3 is 37.7 Å². The first-order chi connectivity index (χ1) is 11.7. The van der Waals surface area contributed by atoms with Crippen molar-refractivity contribution in [3.63, 3.8) is 0 Å². The van der Waals surface area contributed by atoms with Crippen LogP contribution in [0.15, 0.2) is 4.99 Å². The Morgan fingerprint density at radius 1 is 1.20 bits per heavy atom. The molecule has 0 heterocycles. The van der Waals surface area contributed by atoms with Crippen LogP contribution in [0.25, 0.3) is 0 Å². The number of nitrogens with zero attached hydrogens (tertiary/aromatic N) is 1. The molecular weight excluding hydrogens is 328 g/mol. The molecule has 25 heavy (non-hydrogen) atoms. The van der Waals surface area contributed by atoms with Gasteiger partial charge in [0.25, 0.3) is 0 Å². The van der Waals surface area contributed by atoms with Crippen molar-refractivity contribution in [3.05, 3.63) is 0 Å². The lowest BCUT2D eigenvalue weighted by Crippen LogP contribution is -2.55. The number of amides is 2. The lowest BCUT2D eigenvalue weighted by molar-refractivity contribution is -0.131. The Bertz CT molecular complexity index is 465. The second-order valence-electron chi connectivity index (χ2n) is 6.18. The maximum absolute atomic E-state index is 12.1. The minimum atomic E-state index is -1.18.